The molecule has 82 valence electrons. The average molecular weight is 217 g/mol. The summed E-state index contributed by atoms with van der Waals surface area (Å²) in [7, 11) is 3.11. The van der Waals surface area contributed by atoms with E-state index in [4.69, 9.17) is 9.47 Å². The van der Waals surface area contributed by atoms with Gasteiger partial charge in [0.2, 0.25) is 0 Å². The summed E-state index contributed by atoms with van der Waals surface area (Å²) < 4.78 is 10.3. The lowest BCUT2D eigenvalue weighted by Crippen LogP contribution is -1.93. The quantitative estimate of drug-likeness (QED) is 0.738. The number of rotatable bonds is 3. The first-order chi connectivity index (χ1) is 7.80. The van der Waals surface area contributed by atoms with Gasteiger partial charge in [-0.25, -0.2) is 0 Å². The summed E-state index contributed by atoms with van der Waals surface area (Å²) in [4.78, 5) is 15.1. The first-order valence-electron chi connectivity index (χ1n) is 4.76. The molecule has 0 aliphatic heterocycles. The van der Waals surface area contributed by atoms with Gasteiger partial charge in [0.25, 0.3) is 0 Å². The maximum Gasteiger partial charge on any atom is 0.153 e. The Morgan fingerprint density at radius 1 is 1.19 bits per heavy atom. The van der Waals surface area contributed by atoms with Gasteiger partial charge in [-0.1, -0.05) is 0 Å². The number of carbonyl (C=O) groups excluding carboxylic acids is 1. The molecule has 0 amide bonds. The second-order valence-electron chi connectivity index (χ2n) is 3.24. The molecule has 1 aromatic heterocycles. The van der Waals surface area contributed by atoms with E-state index in [0.717, 1.165) is 17.2 Å². The highest BCUT2D eigenvalue weighted by Gasteiger charge is 2.08. The molecule has 0 fully saturated rings. The Hall–Kier alpha value is -2.10. The zero-order valence-electron chi connectivity index (χ0n) is 9.06. The van der Waals surface area contributed by atoms with Gasteiger partial charge >= 0.3 is 0 Å². The van der Waals surface area contributed by atoms with E-state index in [2.05, 4.69) is 4.98 Å². The summed E-state index contributed by atoms with van der Waals surface area (Å²) in [6, 6.07) is 5.19. The van der Waals surface area contributed by atoms with Crippen LogP contribution in [0.5, 0.6) is 11.5 Å². The van der Waals surface area contributed by atoms with Gasteiger partial charge in [-0.2, -0.15) is 0 Å². The van der Waals surface area contributed by atoms with E-state index in [-0.39, 0.29) is 0 Å². The van der Waals surface area contributed by atoms with Crippen LogP contribution in [0.3, 0.4) is 0 Å². The van der Waals surface area contributed by atoms with Crippen LogP contribution in [0, 0.1) is 0 Å². The lowest BCUT2D eigenvalue weighted by molar-refractivity contribution is 0.112. The number of aldehydes is 1. The van der Waals surface area contributed by atoms with Crippen LogP contribution < -0.4 is 9.47 Å². The number of methoxy groups -OCH3 is 2. The van der Waals surface area contributed by atoms with E-state index in [1.807, 2.05) is 0 Å². The number of aromatic nitrogens is 1. The van der Waals surface area contributed by atoms with Crippen molar-refractivity contribution < 1.29 is 14.3 Å². The second kappa shape index (κ2) is 4.18. The van der Waals surface area contributed by atoms with Crippen molar-refractivity contribution in [3.05, 3.63) is 30.0 Å². The normalized spacial score (nSPS) is 10.1. The zero-order valence-corrected chi connectivity index (χ0v) is 9.06. The lowest BCUT2D eigenvalue weighted by atomic mass is 10.1. The minimum absolute atomic E-state index is 0.487. The molecule has 0 atom stereocenters. The monoisotopic (exact) mass is 217 g/mol. The Kier molecular flexibility index (Phi) is 2.72. The predicted molar refractivity (Wildman–Crippen MR) is 60.2 cm³/mol. The van der Waals surface area contributed by atoms with Gasteiger partial charge in [0.05, 0.1) is 25.3 Å². The smallest absolute Gasteiger partial charge is 0.153 e. The maximum atomic E-state index is 10.9. The molecule has 1 aromatic carbocycles. The summed E-state index contributed by atoms with van der Waals surface area (Å²) in [6.45, 7) is 0. The molecule has 0 spiro atoms. The summed E-state index contributed by atoms with van der Waals surface area (Å²) in [5.41, 5.74) is 1.23. The molecule has 0 saturated heterocycles. The SMILES string of the molecule is COc1cc2nccc(OC)c2cc1C=O. The van der Waals surface area contributed by atoms with Gasteiger partial charge in [0.1, 0.15) is 11.5 Å². The van der Waals surface area contributed by atoms with Crippen LogP contribution in [0.25, 0.3) is 10.9 Å². The first kappa shape index (κ1) is 10.4. The van der Waals surface area contributed by atoms with E-state index in [0.29, 0.717) is 17.1 Å². The number of benzene rings is 1. The summed E-state index contributed by atoms with van der Waals surface area (Å²) in [5, 5.41) is 0.799. The van der Waals surface area contributed by atoms with Crippen molar-refractivity contribution >= 4 is 17.2 Å². The largest absolute Gasteiger partial charge is 0.496 e. The molecule has 0 aliphatic carbocycles. The van der Waals surface area contributed by atoms with Crippen LogP contribution in [0.2, 0.25) is 0 Å². The molecule has 4 nitrogen and oxygen atoms in total. The fourth-order valence-corrected chi connectivity index (χ4v) is 1.61. The molecule has 1 heterocycles. The Morgan fingerprint density at radius 2 is 1.94 bits per heavy atom. The van der Waals surface area contributed by atoms with Crippen molar-refractivity contribution in [2.24, 2.45) is 0 Å². The average Bonchev–Trinajstić information content (AvgIpc) is 2.36. The molecule has 2 aromatic rings. The third-order valence-electron chi connectivity index (χ3n) is 2.40. The topological polar surface area (TPSA) is 48.4 Å². The third kappa shape index (κ3) is 1.58. The van der Waals surface area contributed by atoms with Gasteiger partial charge in [-0.05, 0) is 12.1 Å². The Balaban J connectivity index is 2.77. The summed E-state index contributed by atoms with van der Waals surface area (Å²) >= 11 is 0. The number of hydrogen-bond acceptors (Lipinski definition) is 4. The number of carbonyl (C=O) groups is 1. The molecule has 0 aliphatic rings. The fraction of sp³-hybridized carbons (Fsp3) is 0.167. The van der Waals surface area contributed by atoms with Crippen LogP contribution in [-0.2, 0) is 0 Å². The van der Waals surface area contributed by atoms with Crippen molar-refractivity contribution in [1.29, 1.82) is 0 Å². The van der Waals surface area contributed by atoms with Gasteiger partial charge in [0, 0.05) is 17.6 Å². The fourth-order valence-electron chi connectivity index (χ4n) is 1.61. The lowest BCUT2D eigenvalue weighted by Gasteiger charge is -2.08. The Labute approximate surface area is 92.8 Å². The molecule has 2 rings (SSSR count). The van der Waals surface area contributed by atoms with Crippen molar-refractivity contribution in [3.8, 4) is 11.5 Å². The molecular formula is C12H11NO3. The molecule has 0 radical (unpaired) electrons. The highest BCUT2D eigenvalue weighted by molar-refractivity contribution is 5.93. The number of pyridine rings is 1. The molecule has 16 heavy (non-hydrogen) atoms. The number of hydrogen-bond donors (Lipinski definition) is 0. The van der Waals surface area contributed by atoms with E-state index >= 15 is 0 Å². The molecule has 0 saturated carbocycles. The van der Waals surface area contributed by atoms with Crippen molar-refractivity contribution in [2.75, 3.05) is 14.2 Å². The first-order valence-corrected chi connectivity index (χ1v) is 4.76. The van der Waals surface area contributed by atoms with Crippen LogP contribution in [0.15, 0.2) is 24.4 Å². The Bertz CT molecular complexity index is 537. The highest BCUT2D eigenvalue weighted by Crippen LogP contribution is 2.29. The van der Waals surface area contributed by atoms with Gasteiger partial charge in [-0.3, -0.25) is 9.78 Å². The second-order valence-corrected chi connectivity index (χ2v) is 3.24. The highest BCUT2D eigenvalue weighted by atomic mass is 16.5. The molecule has 0 unspecified atom stereocenters. The summed E-state index contributed by atoms with van der Waals surface area (Å²) in [5.74, 6) is 1.21. The van der Waals surface area contributed by atoms with Crippen molar-refractivity contribution in [1.82, 2.24) is 4.98 Å². The van der Waals surface area contributed by atoms with Crippen LogP contribution in [0.1, 0.15) is 10.4 Å². The molecule has 0 bridgehead atoms. The van der Waals surface area contributed by atoms with Crippen LogP contribution in [0.4, 0.5) is 0 Å². The molecule has 0 N–H and O–H groups in total. The van der Waals surface area contributed by atoms with Crippen molar-refractivity contribution in [2.45, 2.75) is 0 Å². The van der Waals surface area contributed by atoms with E-state index in [1.165, 1.54) is 7.11 Å². The van der Waals surface area contributed by atoms with E-state index < -0.39 is 0 Å². The van der Waals surface area contributed by atoms with Crippen LogP contribution >= 0.6 is 0 Å². The third-order valence-corrected chi connectivity index (χ3v) is 2.40. The van der Waals surface area contributed by atoms with Gasteiger partial charge in [-0.15, -0.1) is 0 Å². The standard InChI is InChI=1S/C12H11NO3/c1-15-11-3-4-13-10-6-12(16-2)8(7-14)5-9(10)11/h3-7H,1-2H3. The predicted octanol–water partition coefficient (Wildman–Crippen LogP) is 2.06. The van der Waals surface area contributed by atoms with Gasteiger partial charge in [0.15, 0.2) is 6.29 Å². The minimum atomic E-state index is 0.487. The van der Waals surface area contributed by atoms with E-state index in [9.17, 15) is 4.79 Å². The molecule has 4 heteroatoms. The zero-order chi connectivity index (χ0) is 11.5. The summed E-state index contributed by atoms with van der Waals surface area (Å²) in [6.07, 6.45) is 2.41. The maximum absolute atomic E-state index is 10.9. The van der Waals surface area contributed by atoms with Crippen LogP contribution in [-0.4, -0.2) is 25.5 Å². The number of nitrogens with zero attached hydrogens (tertiary/aromatic N) is 1. The number of ether oxygens (including phenoxy) is 2. The van der Waals surface area contributed by atoms with E-state index in [1.54, 1.807) is 31.5 Å². The number of fused-ring (bicyclic) bond motifs is 1. The van der Waals surface area contributed by atoms with Gasteiger partial charge < -0.3 is 9.47 Å². The molecular weight excluding hydrogens is 206 g/mol. The minimum Gasteiger partial charge on any atom is -0.496 e. The van der Waals surface area contributed by atoms with Crippen molar-refractivity contribution in [3.63, 3.8) is 0 Å². The Morgan fingerprint density at radius 3 is 2.56 bits per heavy atom.